The number of hydrogen-bond acceptors (Lipinski definition) is 5. The quantitative estimate of drug-likeness (QED) is 0.562. The van der Waals surface area contributed by atoms with Gasteiger partial charge in [0.2, 0.25) is 5.91 Å². The standard InChI is InChI=1S/C26H23ClN2O4S/c27-18-8-6-16(7-9-18)14-19(26(32)29-13-12-21-24(29)20(30)15-33-21)28-25(31)23-11-10-22(34-23)17-4-2-1-3-5-17/h1-11,19,21,24H,12-15H2,(H,28,31). The van der Waals surface area contributed by atoms with Gasteiger partial charge in [-0.15, -0.1) is 11.3 Å². The molecule has 0 saturated carbocycles. The molecule has 3 atom stereocenters. The summed E-state index contributed by atoms with van der Waals surface area (Å²) in [6, 6.07) is 19.3. The van der Waals surface area contributed by atoms with E-state index in [1.54, 1.807) is 23.1 Å². The molecule has 2 aliphatic rings. The van der Waals surface area contributed by atoms with Gasteiger partial charge < -0.3 is 15.0 Å². The summed E-state index contributed by atoms with van der Waals surface area (Å²) in [5, 5.41) is 3.52. The van der Waals surface area contributed by atoms with Gasteiger partial charge in [0.25, 0.3) is 5.91 Å². The Labute approximate surface area is 206 Å². The van der Waals surface area contributed by atoms with E-state index in [0.717, 1.165) is 16.0 Å². The average Bonchev–Trinajstić information content (AvgIpc) is 3.58. The molecule has 3 heterocycles. The zero-order chi connectivity index (χ0) is 23.7. The third kappa shape index (κ3) is 4.64. The number of thiophene rings is 1. The smallest absolute Gasteiger partial charge is 0.262 e. The van der Waals surface area contributed by atoms with Crippen LogP contribution in [0.3, 0.4) is 0 Å². The predicted molar refractivity (Wildman–Crippen MR) is 131 cm³/mol. The van der Waals surface area contributed by atoms with Crippen molar-refractivity contribution in [2.75, 3.05) is 13.2 Å². The first-order valence-corrected chi connectivity index (χ1v) is 12.3. The average molecular weight is 495 g/mol. The highest BCUT2D eigenvalue weighted by molar-refractivity contribution is 7.17. The summed E-state index contributed by atoms with van der Waals surface area (Å²) in [4.78, 5) is 42.2. The summed E-state index contributed by atoms with van der Waals surface area (Å²) in [7, 11) is 0. The molecule has 8 heteroatoms. The highest BCUT2D eigenvalue weighted by Gasteiger charge is 2.48. The maximum absolute atomic E-state index is 13.6. The van der Waals surface area contributed by atoms with Gasteiger partial charge in [0.15, 0.2) is 5.78 Å². The molecule has 1 N–H and O–H groups in total. The Morgan fingerprint density at radius 1 is 1.09 bits per heavy atom. The van der Waals surface area contributed by atoms with Crippen molar-refractivity contribution in [1.29, 1.82) is 0 Å². The number of benzene rings is 2. The number of fused-ring (bicyclic) bond motifs is 1. The molecule has 0 bridgehead atoms. The molecule has 3 aromatic rings. The van der Waals surface area contributed by atoms with Crippen LogP contribution in [-0.2, 0) is 20.7 Å². The first-order valence-electron chi connectivity index (χ1n) is 11.1. The van der Waals surface area contributed by atoms with E-state index in [0.29, 0.717) is 29.3 Å². The van der Waals surface area contributed by atoms with Gasteiger partial charge in [-0.05, 0) is 41.8 Å². The van der Waals surface area contributed by atoms with Crippen LogP contribution in [0.25, 0.3) is 10.4 Å². The lowest BCUT2D eigenvalue weighted by Gasteiger charge is -2.27. The van der Waals surface area contributed by atoms with Crippen LogP contribution >= 0.6 is 22.9 Å². The number of nitrogens with zero attached hydrogens (tertiary/aromatic N) is 1. The van der Waals surface area contributed by atoms with E-state index in [1.165, 1.54) is 11.3 Å². The molecule has 2 fully saturated rings. The van der Waals surface area contributed by atoms with Crippen LogP contribution in [0.2, 0.25) is 5.02 Å². The number of hydrogen-bond donors (Lipinski definition) is 1. The van der Waals surface area contributed by atoms with E-state index in [1.807, 2.05) is 48.5 Å². The molecule has 0 spiro atoms. The van der Waals surface area contributed by atoms with Gasteiger partial charge in [-0.25, -0.2) is 0 Å². The minimum atomic E-state index is -0.817. The number of carbonyl (C=O) groups is 3. The maximum Gasteiger partial charge on any atom is 0.262 e. The summed E-state index contributed by atoms with van der Waals surface area (Å²) in [5.74, 6) is -0.670. The lowest BCUT2D eigenvalue weighted by molar-refractivity contribution is -0.138. The third-order valence-electron chi connectivity index (χ3n) is 6.24. The summed E-state index contributed by atoms with van der Waals surface area (Å²) in [6.07, 6.45) is 0.658. The van der Waals surface area contributed by atoms with E-state index >= 15 is 0 Å². The van der Waals surface area contributed by atoms with Gasteiger partial charge in [-0.2, -0.15) is 0 Å². The van der Waals surface area contributed by atoms with E-state index in [-0.39, 0.29) is 30.3 Å². The van der Waals surface area contributed by atoms with Gasteiger partial charge >= 0.3 is 0 Å². The summed E-state index contributed by atoms with van der Waals surface area (Å²) in [6.45, 7) is 0.467. The zero-order valence-electron chi connectivity index (χ0n) is 18.3. The topological polar surface area (TPSA) is 75.7 Å². The van der Waals surface area contributed by atoms with E-state index in [2.05, 4.69) is 5.32 Å². The number of halogens is 1. The van der Waals surface area contributed by atoms with Crippen molar-refractivity contribution in [2.24, 2.45) is 0 Å². The molecule has 2 aromatic carbocycles. The molecule has 2 aliphatic heterocycles. The van der Waals surface area contributed by atoms with Gasteiger partial charge in [0, 0.05) is 22.9 Å². The molecule has 0 aliphatic carbocycles. The fourth-order valence-corrected chi connectivity index (χ4v) is 5.59. The lowest BCUT2D eigenvalue weighted by Crippen LogP contribution is -2.53. The van der Waals surface area contributed by atoms with Gasteiger partial charge in [0.05, 0.1) is 11.0 Å². The number of nitrogens with one attached hydrogen (secondary N) is 1. The van der Waals surface area contributed by atoms with Crippen molar-refractivity contribution in [3.63, 3.8) is 0 Å². The number of ether oxygens (including phenoxy) is 1. The van der Waals surface area contributed by atoms with Crippen molar-refractivity contribution in [3.8, 4) is 10.4 Å². The van der Waals surface area contributed by atoms with Crippen LogP contribution < -0.4 is 5.32 Å². The predicted octanol–water partition coefficient (Wildman–Crippen LogP) is 3.98. The third-order valence-corrected chi connectivity index (χ3v) is 7.62. The number of carbonyl (C=O) groups excluding carboxylic acids is 3. The Bertz CT molecular complexity index is 1210. The van der Waals surface area contributed by atoms with Crippen LogP contribution in [0.5, 0.6) is 0 Å². The lowest BCUT2D eigenvalue weighted by atomic mass is 10.0. The van der Waals surface area contributed by atoms with Crippen molar-refractivity contribution >= 4 is 40.5 Å². The molecule has 34 heavy (non-hydrogen) atoms. The Morgan fingerprint density at radius 2 is 1.85 bits per heavy atom. The Hall–Kier alpha value is -3.00. The Balaban J connectivity index is 1.37. The minimum Gasteiger partial charge on any atom is -0.368 e. The van der Waals surface area contributed by atoms with E-state index < -0.39 is 12.1 Å². The van der Waals surface area contributed by atoms with Crippen molar-refractivity contribution in [2.45, 2.75) is 31.0 Å². The largest absolute Gasteiger partial charge is 0.368 e. The zero-order valence-corrected chi connectivity index (χ0v) is 19.9. The molecule has 174 valence electrons. The molecule has 5 rings (SSSR count). The molecule has 0 radical (unpaired) electrons. The van der Waals surface area contributed by atoms with E-state index in [4.69, 9.17) is 16.3 Å². The number of ketones is 1. The SMILES string of the molecule is O=C(NC(Cc1ccc(Cl)cc1)C(=O)N1CCC2OCC(=O)C21)c1ccc(-c2ccccc2)s1. The van der Waals surface area contributed by atoms with Crippen LogP contribution in [0.1, 0.15) is 21.7 Å². The summed E-state index contributed by atoms with van der Waals surface area (Å²) in [5.41, 5.74) is 1.90. The minimum absolute atomic E-state index is 0.0325. The van der Waals surface area contributed by atoms with Crippen LogP contribution in [0, 0.1) is 0 Å². The van der Waals surface area contributed by atoms with Crippen LogP contribution in [0.15, 0.2) is 66.7 Å². The number of amides is 2. The maximum atomic E-state index is 13.6. The van der Waals surface area contributed by atoms with Crippen molar-refractivity contribution in [3.05, 3.63) is 82.2 Å². The molecule has 2 amide bonds. The number of rotatable bonds is 6. The molecule has 3 unspecified atom stereocenters. The highest BCUT2D eigenvalue weighted by atomic mass is 35.5. The van der Waals surface area contributed by atoms with Gasteiger partial charge in [-0.3, -0.25) is 14.4 Å². The molecule has 1 aromatic heterocycles. The molecule has 6 nitrogen and oxygen atoms in total. The number of likely N-dealkylation sites (tertiary alicyclic amines) is 1. The van der Waals surface area contributed by atoms with Crippen molar-refractivity contribution < 1.29 is 19.1 Å². The van der Waals surface area contributed by atoms with Crippen LogP contribution in [-0.4, -0.2) is 53.8 Å². The fourth-order valence-electron chi connectivity index (χ4n) is 4.54. The second-order valence-electron chi connectivity index (χ2n) is 8.47. The normalized spacial score (nSPS) is 20.3. The fraction of sp³-hybridized carbons (Fsp3) is 0.269. The first kappa shape index (κ1) is 22.8. The molecular weight excluding hydrogens is 472 g/mol. The second-order valence-corrected chi connectivity index (χ2v) is 9.99. The van der Waals surface area contributed by atoms with Crippen molar-refractivity contribution in [1.82, 2.24) is 10.2 Å². The first-order chi connectivity index (χ1) is 16.5. The van der Waals surface area contributed by atoms with Gasteiger partial charge in [0.1, 0.15) is 18.7 Å². The molecule has 2 saturated heterocycles. The summed E-state index contributed by atoms with van der Waals surface area (Å²) < 4.78 is 5.53. The Morgan fingerprint density at radius 3 is 2.62 bits per heavy atom. The van der Waals surface area contributed by atoms with E-state index in [9.17, 15) is 14.4 Å². The van der Waals surface area contributed by atoms with Gasteiger partial charge in [-0.1, -0.05) is 54.1 Å². The second kappa shape index (κ2) is 9.70. The Kier molecular flexibility index (Phi) is 6.50. The van der Waals surface area contributed by atoms with Crippen LogP contribution in [0.4, 0.5) is 0 Å². The molecular formula is C26H23ClN2O4S. The number of Topliss-reactive ketones (excluding diaryl/α,β-unsaturated/α-hetero) is 1. The monoisotopic (exact) mass is 494 g/mol. The summed E-state index contributed by atoms with van der Waals surface area (Å²) >= 11 is 7.39. The highest BCUT2D eigenvalue weighted by Crippen LogP contribution is 2.29.